The molecule has 0 bridgehead atoms. The number of carbonyl (C=O) groups is 1. The zero-order valence-electron chi connectivity index (χ0n) is 17.1. The summed E-state index contributed by atoms with van der Waals surface area (Å²) in [6, 6.07) is 6.83. The van der Waals surface area contributed by atoms with Crippen molar-refractivity contribution in [1.82, 2.24) is 9.47 Å². The average Bonchev–Trinajstić information content (AvgIpc) is 3.48. The molecule has 6 nitrogen and oxygen atoms in total. The molecule has 2 saturated heterocycles. The van der Waals surface area contributed by atoms with Crippen LogP contribution in [0.5, 0.6) is 0 Å². The van der Waals surface area contributed by atoms with E-state index in [1.54, 1.807) is 11.3 Å². The van der Waals surface area contributed by atoms with Gasteiger partial charge in [-0.3, -0.25) is 9.69 Å². The summed E-state index contributed by atoms with van der Waals surface area (Å²) >= 11 is 1.75. The fraction of sp³-hybridized carbons (Fsp3) is 0.545. The molecule has 2 atom stereocenters. The van der Waals surface area contributed by atoms with Crippen molar-refractivity contribution in [3.8, 4) is 6.07 Å². The van der Waals surface area contributed by atoms with Crippen LogP contribution in [-0.4, -0.2) is 41.2 Å². The number of thiophene rings is 1. The number of amides is 1. The number of nitrogens with one attached hydrogen (secondary N) is 1. The van der Waals surface area contributed by atoms with Crippen molar-refractivity contribution in [2.45, 2.75) is 58.2 Å². The molecule has 0 radical (unpaired) electrons. The summed E-state index contributed by atoms with van der Waals surface area (Å²) in [4.78, 5) is 16.5. The highest BCUT2D eigenvalue weighted by Gasteiger charge is 2.29. The maximum atomic E-state index is 13.0. The zero-order chi connectivity index (χ0) is 20.4. The number of anilines is 1. The van der Waals surface area contributed by atoms with Gasteiger partial charge < -0.3 is 14.6 Å². The van der Waals surface area contributed by atoms with Crippen molar-refractivity contribution in [1.29, 1.82) is 5.26 Å². The van der Waals surface area contributed by atoms with Gasteiger partial charge in [0, 0.05) is 23.2 Å². The Morgan fingerprint density at radius 2 is 2.24 bits per heavy atom. The minimum Gasteiger partial charge on any atom is -0.376 e. The quantitative estimate of drug-likeness (QED) is 0.779. The highest BCUT2D eigenvalue weighted by molar-refractivity contribution is 7.10. The van der Waals surface area contributed by atoms with E-state index in [-0.39, 0.29) is 12.0 Å². The molecule has 2 aromatic rings. The molecule has 29 heavy (non-hydrogen) atoms. The van der Waals surface area contributed by atoms with Gasteiger partial charge in [0.2, 0.25) is 5.91 Å². The van der Waals surface area contributed by atoms with Gasteiger partial charge in [-0.2, -0.15) is 5.26 Å². The fourth-order valence-electron chi connectivity index (χ4n) is 4.53. The number of hydrogen-bond donors (Lipinski definition) is 1. The number of nitriles is 1. The highest BCUT2D eigenvalue weighted by atomic mass is 32.1. The Bertz CT molecular complexity index is 906. The summed E-state index contributed by atoms with van der Waals surface area (Å²) in [7, 11) is 0. The molecular formula is C22H28N4O2S. The number of hydrogen-bond acceptors (Lipinski definition) is 5. The maximum Gasteiger partial charge on any atom is 0.239 e. The van der Waals surface area contributed by atoms with E-state index >= 15 is 0 Å². The summed E-state index contributed by atoms with van der Waals surface area (Å²) in [6.45, 7) is 6.69. The van der Waals surface area contributed by atoms with Crippen molar-refractivity contribution < 1.29 is 9.53 Å². The van der Waals surface area contributed by atoms with Gasteiger partial charge in [-0.1, -0.05) is 6.07 Å². The molecule has 2 aliphatic rings. The van der Waals surface area contributed by atoms with E-state index < -0.39 is 0 Å². The van der Waals surface area contributed by atoms with Gasteiger partial charge in [0.25, 0.3) is 0 Å². The Balaban J connectivity index is 1.51. The first kappa shape index (κ1) is 20.1. The number of carbonyl (C=O) groups excluding carboxylic acids is 1. The van der Waals surface area contributed by atoms with Crippen LogP contribution in [0.1, 0.15) is 53.4 Å². The van der Waals surface area contributed by atoms with E-state index in [2.05, 4.69) is 38.4 Å². The lowest BCUT2D eigenvalue weighted by Crippen LogP contribution is -2.33. The van der Waals surface area contributed by atoms with Crippen molar-refractivity contribution >= 4 is 23.1 Å². The maximum absolute atomic E-state index is 13.0. The third kappa shape index (κ3) is 4.11. The fourth-order valence-corrected chi connectivity index (χ4v) is 5.42. The third-order valence-corrected chi connectivity index (χ3v) is 7.16. The largest absolute Gasteiger partial charge is 0.376 e. The van der Waals surface area contributed by atoms with E-state index in [4.69, 9.17) is 4.74 Å². The first-order chi connectivity index (χ1) is 14.1. The minimum absolute atomic E-state index is 0.0592. The van der Waals surface area contributed by atoms with E-state index in [1.165, 1.54) is 4.88 Å². The molecular weight excluding hydrogens is 384 g/mol. The van der Waals surface area contributed by atoms with Crippen LogP contribution in [0.3, 0.4) is 0 Å². The molecule has 2 aromatic heterocycles. The van der Waals surface area contributed by atoms with Crippen LogP contribution in [-0.2, 0) is 16.1 Å². The SMILES string of the molecule is Cc1c(C#N)c(NC(=O)CN2CCCC2c2cccs2)n(CC2CCCO2)c1C. The second kappa shape index (κ2) is 8.70. The first-order valence-electron chi connectivity index (χ1n) is 10.4. The molecule has 2 fully saturated rings. The van der Waals surface area contributed by atoms with Gasteiger partial charge in [-0.15, -0.1) is 11.3 Å². The molecule has 7 heteroatoms. The Hall–Kier alpha value is -2.14. The Labute approximate surface area is 176 Å². The predicted octanol–water partition coefficient (Wildman–Crippen LogP) is 3.99. The monoisotopic (exact) mass is 412 g/mol. The highest BCUT2D eigenvalue weighted by Crippen LogP contribution is 2.34. The van der Waals surface area contributed by atoms with Gasteiger partial charge in [-0.25, -0.2) is 0 Å². The molecule has 0 aliphatic carbocycles. The Morgan fingerprint density at radius 3 is 2.93 bits per heavy atom. The van der Waals surface area contributed by atoms with E-state index in [9.17, 15) is 10.1 Å². The van der Waals surface area contributed by atoms with Crippen molar-refractivity contribution in [2.24, 2.45) is 0 Å². The molecule has 0 aromatic carbocycles. The summed E-state index contributed by atoms with van der Waals surface area (Å²) in [5.74, 6) is 0.561. The lowest BCUT2D eigenvalue weighted by Gasteiger charge is -2.23. The topological polar surface area (TPSA) is 70.3 Å². The number of nitrogens with zero attached hydrogens (tertiary/aromatic N) is 3. The molecule has 0 spiro atoms. The molecule has 1 N–H and O–H groups in total. The smallest absolute Gasteiger partial charge is 0.239 e. The Morgan fingerprint density at radius 1 is 1.38 bits per heavy atom. The van der Waals surface area contributed by atoms with Gasteiger partial charge >= 0.3 is 0 Å². The molecule has 4 heterocycles. The zero-order valence-corrected chi connectivity index (χ0v) is 17.9. The van der Waals surface area contributed by atoms with Gasteiger partial charge in [0.15, 0.2) is 0 Å². The minimum atomic E-state index is -0.0592. The summed E-state index contributed by atoms with van der Waals surface area (Å²) < 4.78 is 7.85. The summed E-state index contributed by atoms with van der Waals surface area (Å²) in [5, 5.41) is 14.9. The molecule has 0 saturated carbocycles. The molecule has 4 rings (SSSR count). The van der Waals surface area contributed by atoms with Crippen LogP contribution < -0.4 is 5.32 Å². The molecule has 2 aliphatic heterocycles. The second-order valence-electron chi connectivity index (χ2n) is 7.98. The van der Waals surface area contributed by atoms with Crippen LogP contribution in [0.4, 0.5) is 5.82 Å². The van der Waals surface area contributed by atoms with Crippen LogP contribution >= 0.6 is 11.3 Å². The van der Waals surface area contributed by atoms with Gasteiger partial charge in [-0.05, 0) is 63.1 Å². The molecule has 2 unspecified atom stereocenters. The third-order valence-electron chi connectivity index (χ3n) is 6.19. The van der Waals surface area contributed by atoms with Crippen LogP contribution in [0.2, 0.25) is 0 Å². The number of aromatic nitrogens is 1. The van der Waals surface area contributed by atoms with E-state index in [0.29, 0.717) is 30.5 Å². The lowest BCUT2D eigenvalue weighted by molar-refractivity contribution is -0.117. The van der Waals surface area contributed by atoms with E-state index in [0.717, 1.165) is 50.1 Å². The number of rotatable bonds is 6. The lowest BCUT2D eigenvalue weighted by atomic mass is 10.2. The molecule has 154 valence electrons. The van der Waals surface area contributed by atoms with Crippen molar-refractivity contribution in [3.63, 3.8) is 0 Å². The predicted molar refractivity (Wildman–Crippen MR) is 114 cm³/mol. The summed E-state index contributed by atoms with van der Waals surface area (Å²) in [6.07, 6.45) is 4.42. The summed E-state index contributed by atoms with van der Waals surface area (Å²) in [5.41, 5.74) is 2.51. The van der Waals surface area contributed by atoms with Crippen molar-refractivity contribution in [2.75, 3.05) is 25.0 Å². The standard InChI is InChI=1S/C22H28N4O2S/c1-15-16(2)26(13-17-6-4-10-28-17)22(18(15)12-23)24-21(27)14-25-9-3-7-19(25)20-8-5-11-29-20/h5,8,11,17,19H,3-4,6-7,9-10,13-14H2,1-2H3,(H,24,27). The van der Waals surface area contributed by atoms with Crippen LogP contribution in [0, 0.1) is 25.2 Å². The number of likely N-dealkylation sites (tertiary alicyclic amines) is 1. The first-order valence-corrected chi connectivity index (χ1v) is 11.2. The van der Waals surface area contributed by atoms with Crippen LogP contribution in [0.15, 0.2) is 17.5 Å². The molecule has 1 amide bonds. The normalized spacial score (nSPS) is 22.1. The van der Waals surface area contributed by atoms with E-state index in [1.807, 2.05) is 13.8 Å². The van der Waals surface area contributed by atoms with Crippen molar-refractivity contribution in [3.05, 3.63) is 39.2 Å². The second-order valence-corrected chi connectivity index (χ2v) is 8.96. The average molecular weight is 413 g/mol. The van der Waals surface area contributed by atoms with Gasteiger partial charge in [0.1, 0.15) is 11.9 Å². The Kier molecular flexibility index (Phi) is 6.04. The van der Waals surface area contributed by atoms with Gasteiger partial charge in [0.05, 0.1) is 24.8 Å². The number of ether oxygens (including phenoxy) is 1. The van der Waals surface area contributed by atoms with Crippen LogP contribution in [0.25, 0.3) is 0 Å².